The van der Waals surface area contributed by atoms with Crippen molar-refractivity contribution >= 4 is 0 Å². The first-order chi connectivity index (χ1) is 7.36. The van der Waals surface area contributed by atoms with E-state index in [1.165, 1.54) is 31.4 Å². The lowest BCUT2D eigenvalue weighted by molar-refractivity contribution is 0.319. The van der Waals surface area contributed by atoms with E-state index in [1.54, 1.807) is 0 Å². The summed E-state index contributed by atoms with van der Waals surface area (Å²) in [7, 11) is 0. The Morgan fingerprint density at radius 3 is 2.87 bits per heavy atom. The van der Waals surface area contributed by atoms with E-state index in [4.69, 9.17) is 10.2 Å². The predicted molar refractivity (Wildman–Crippen MR) is 57.7 cm³/mol. The van der Waals surface area contributed by atoms with Gasteiger partial charge in [-0.05, 0) is 38.1 Å². The molecule has 82 valence electrons. The molecule has 15 heavy (non-hydrogen) atoms. The molecule has 0 aliphatic heterocycles. The van der Waals surface area contributed by atoms with Gasteiger partial charge in [0.05, 0.1) is 5.69 Å². The molecule has 0 bridgehead atoms. The summed E-state index contributed by atoms with van der Waals surface area (Å²) in [6.45, 7) is 0.783. The zero-order valence-corrected chi connectivity index (χ0v) is 9.04. The Kier molecular flexibility index (Phi) is 2.28. The van der Waals surface area contributed by atoms with E-state index < -0.39 is 0 Å². The minimum Gasteiger partial charge on any atom is -0.445 e. The van der Waals surface area contributed by atoms with Gasteiger partial charge in [0, 0.05) is 12.3 Å². The van der Waals surface area contributed by atoms with Gasteiger partial charge >= 0.3 is 0 Å². The standard InChI is InChI=1S/C12H18N2O/c13-7-8-4-5-11-10(6-8)14-12(15-11)9-2-1-3-9/h8-9H,1-7,13H2. The average molecular weight is 206 g/mol. The fourth-order valence-electron chi connectivity index (χ4n) is 2.50. The van der Waals surface area contributed by atoms with E-state index in [9.17, 15) is 0 Å². The lowest BCUT2D eigenvalue weighted by atomic mass is 9.85. The second-order valence-electron chi connectivity index (χ2n) is 4.89. The first-order valence-electron chi connectivity index (χ1n) is 6.05. The number of nitrogens with two attached hydrogens (primary N) is 1. The SMILES string of the molecule is NCC1CCc2oc(C3CCC3)nc2C1. The van der Waals surface area contributed by atoms with E-state index >= 15 is 0 Å². The monoisotopic (exact) mass is 206 g/mol. The van der Waals surface area contributed by atoms with E-state index in [0.717, 1.165) is 31.0 Å². The minimum absolute atomic E-state index is 0.618. The molecule has 0 amide bonds. The summed E-state index contributed by atoms with van der Waals surface area (Å²) in [6, 6.07) is 0. The highest BCUT2D eigenvalue weighted by Gasteiger charge is 2.28. The zero-order chi connectivity index (χ0) is 10.3. The summed E-state index contributed by atoms with van der Waals surface area (Å²) in [4.78, 5) is 4.65. The number of nitrogens with zero attached hydrogens (tertiary/aromatic N) is 1. The van der Waals surface area contributed by atoms with Gasteiger partial charge in [-0.3, -0.25) is 0 Å². The molecule has 1 atom stereocenters. The van der Waals surface area contributed by atoms with Crippen LogP contribution in [0.5, 0.6) is 0 Å². The minimum atomic E-state index is 0.618. The normalized spacial score (nSPS) is 26.1. The second-order valence-corrected chi connectivity index (χ2v) is 4.89. The number of hydrogen-bond donors (Lipinski definition) is 1. The summed E-state index contributed by atoms with van der Waals surface area (Å²) >= 11 is 0. The Bertz CT molecular complexity index is 355. The van der Waals surface area contributed by atoms with Crippen LogP contribution in [0.25, 0.3) is 0 Å². The molecule has 3 rings (SSSR count). The van der Waals surface area contributed by atoms with Gasteiger partial charge in [0.1, 0.15) is 5.76 Å². The van der Waals surface area contributed by atoms with Gasteiger partial charge in [0.2, 0.25) is 0 Å². The molecule has 1 saturated carbocycles. The number of hydrogen-bond acceptors (Lipinski definition) is 3. The van der Waals surface area contributed by atoms with Crippen LogP contribution in [-0.4, -0.2) is 11.5 Å². The molecular formula is C12H18N2O. The molecule has 1 fully saturated rings. The Morgan fingerprint density at radius 1 is 1.33 bits per heavy atom. The lowest BCUT2D eigenvalue weighted by Gasteiger charge is -2.21. The van der Waals surface area contributed by atoms with Crippen LogP contribution >= 0.6 is 0 Å². The quantitative estimate of drug-likeness (QED) is 0.805. The van der Waals surface area contributed by atoms with E-state index in [2.05, 4.69) is 4.98 Å². The molecule has 1 aromatic rings. The highest BCUT2D eigenvalue weighted by Crippen LogP contribution is 2.38. The first-order valence-corrected chi connectivity index (χ1v) is 6.05. The first kappa shape index (κ1) is 9.40. The third-order valence-electron chi connectivity index (χ3n) is 3.84. The van der Waals surface area contributed by atoms with Crippen LogP contribution in [0.1, 0.15) is 48.9 Å². The van der Waals surface area contributed by atoms with Gasteiger partial charge in [-0.2, -0.15) is 0 Å². The number of oxazole rings is 1. The van der Waals surface area contributed by atoms with Crippen molar-refractivity contribution in [2.75, 3.05) is 6.54 Å². The fraction of sp³-hybridized carbons (Fsp3) is 0.750. The second kappa shape index (κ2) is 3.63. The van der Waals surface area contributed by atoms with E-state index in [-0.39, 0.29) is 0 Å². The van der Waals surface area contributed by atoms with Crippen molar-refractivity contribution < 1.29 is 4.42 Å². The molecular weight excluding hydrogens is 188 g/mol. The Morgan fingerprint density at radius 2 is 2.20 bits per heavy atom. The predicted octanol–water partition coefficient (Wildman–Crippen LogP) is 2.01. The van der Waals surface area contributed by atoms with Crippen molar-refractivity contribution in [1.82, 2.24) is 4.98 Å². The molecule has 0 spiro atoms. The van der Waals surface area contributed by atoms with Gasteiger partial charge in [0.25, 0.3) is 0 Å². The summed E-state index contributed by atoms with van der Waals surface area (Å²) in [5.74, 6) is 3.38. The highest BCUT2D eigenvalue weighted by molar-refractivity contribution is 5.16. The molecule has 1 aromatic heterocycles. The maximum atomic E-state index is 5.85. The smallest absolute Gasteiger partial charge is 0.197 e. The number of rotatable bonds is 2. The molecule has 2 aliphatic rings. The molecule has 1 unspecified atom stereocenters. The van der Waals surface area contributed by atoms with E-state index in [1.807, 2.05) is 0 Å². The van der Waals surface area contributed by atoms with Crippen molar-refractivity contribution in [3.63, 3.8) is 0 Å². The third kappa shape index (κ3) is 1.59. The van der Waals surface area contributed by atoms with Crippen LogP contribution in [0.4, 0.5) is 0 Å². The van der Waals surface area contributed by atoms with Gasteiger partial charge in [-0.15, -0.1) is 0 Å². The van der Waals surface area contributed by atoms with Crippen LogP contribution in [0, 0.1) is 5.92 Å². The largest absolute Gasteiger partial charge is 0.445 e. The molecule has 0 saturated heterocycles. The fourth-order valence-corrected chi connectivity index (χ4v) is 2.50. The topological polar surface area (TPSA) is 52.0 Å². The molecule has 3 nitrogen and oxygen atoms in total. The van der Waals surface area contributed by atoms with Crippen LogP contribution in [0.2, 0.25) is 0 Å². The van der Waals surface area contributed by atoms with Gasteiger partial charge in [0.15, 0.2) is 5.89 Å². The van der Waals surface area contributed by atoms with Crippen molar-refractivity contribution in [1.29, 1.82) is 0 Å². The molecule has 1 heterocycles. The molecule has 3 heteroatoms. The summed E-state index contributed by atoms with van der Waals surface area (Å²) in [6.07, 6.45) is 7.10. The van der Waals surface area contributed by atoms with Crippen LogP contribution < -0.4 is 5.73 Å². The van der Waals surface area contributed by atoms with Crippen LogP contribution in [0.3, 0.4) is 0 Å². The number of fused-ring (bicyclic) bond motifs is 1. The molecule has 2 N–H and O–H groups in total. The summed E-state index contributed by atoms with van der Waals surface area (Å²) < 4.78 is 5.85. The molecule has 0 aromatic carbocycles. The van der Waals surface area contributed by atoms with Crippen molar-refractivity contribution in [3.8, 4) is 0 Å². The van der Waals surface area contributed by atoms with Crippen LogP contribution in [-0.2, 0) is 12.8 Å². The molecule has 0 radical (unpaired) electrons. The summed E-state index contributed by atoms with van der Waals surface area (Å²) in [5, 5.41) is 0. The highest BCUT2D eigenvalue weighted by atomic mass is 16.4. The Hall–Kier alpha value is -0.830. The number of aryl methyl sites for hydroxylation is 1. The lowest BCUT2D eigenvalue weighted by Crippen LogP contribution is -2.21. The van der Waals surface area contributed by atoms with Crippen molar-refractivity contribution in [2.24, 2.45) is 11.7 Å². The van der Waals surface area contributed by atoms with Gasteiger partial charge in [-0.1, -0.05) is 6.42 Å². The van der Waals surface area contributed by atoms with Gasteiger partial charge in [-0.25, -0.2) is 4.98 Å². The average Bonchev–Trinajstić information content (AvgIpc) is 2.56. The van der Waals surface area contributed by atoms with Crippen molar-refractivity contribution in [3.05, 3.63) is 17.3 Å². The Labute approximate surface area is 90.1 Å². The summed E-state index contributed by atoms with van der Waals surface area (Å²) in [5.41, 5.74) is 6.90. The third-order valence-corrected chi connectivity index (χ3v) is 3.84. The van der Waals surface area contributed by atoms with Gasteiger partial charge < -0.3 is 10.2 Å². The maximum Gasteiger partial charge on any atom is 0.197 e. The van der Waals surface area contributed by atoms with Crippen LogP contribution in [0.15, 0.2) is 4.42 Å². The maximum absolute atomic E-state index is 5.85. The molecule has 2 aliphatic carbocycles. The zero-order valence-electron chi connectivity index (χ0n) is 9.04. The Balaban J connectivity index is 1.81. The van der Waals surface area contributed by atoms with E-state index in [0.29, 0.717) is 11.8 Å². The number of aromatic nitrogens is 1. The van der Waals surface area contributed by atoms with Crippen molar-refractivity contribution in [2.45, 2.75) is 44.4 Å².